The van der Waals surface area contributed by atoms with Crippen molar-refractivity contribution >= 4 is 0 Å². The SMILES string of the molecule is CCCOc1cc(C(Cn2cncn2)N=O)cc2c1OC(C)(C)C2. The van der Waals surface area contributed by atoms with Crippen LogP contribution in [0.15, 0.2) is 30.0 Å². The van der Waals surface area contributed by atoms with Gasteiger partial charge < -0.3 is 9.47 Å². The van der Waals surface area contributed by atoms with Crippen LogP contribution in [0.25, 0.3) is 0 Å². The minimum atomic E-state index is -0.551. The third-order valence-corrected chi connectivity index (χ3v) is 3.95. The van der Waals surface area contributed by atoms with Gasteiger partial charge in [-0.25, -0.2) is 4.98 Å². The molecular formula is C17H22N4O3. The first-order chi connectivity index (χ1) is 11.5. The predicted octanol–water partition coefficient (Wildman–Crippen LogP) is 3.29. The zero-order valence-electron chi connectivity index (χ0n) is 14.2. The third kappa shape index (κ3) is 3.39. The molecule has 1 atom stereocenters. The number of fused-ring (bicyclic) bond motifs is 1. The molecule has 2 heterocycles. The van der Waals surface area contributed by atoms with E-state index in [1.54, 1.807) is 11.0 Å². The van der Waals surface area contributed by atoms with Crippen molar-refractivity contribution in [2.75, 3.05) is 6.61 Å². The third-order valence-electron chi connectivity index (χ3n) is 3.95. The quantitative estimate of drug-likeness (QED) is 0.728. The van der Waals surface area contributed by atoms with E-state index in [0.29, 0.717) is 18.9 Å². The predicted molar refractivity (Wildman–Crippen MR) is 89.2 cm³/mol. The van der Waals surface area contributed by atoms with E-state index in [1.165, 1.54) is 6.33 Å². The molecule has 128 valence electrons. The van der Waals surface area contributed by atoms with Gasteiger partial charge >= 0.3 is 0 Å². The van der Waals surface area contributed by atoms with E-state index in [9.17, 15) is 4.91 Å². The van der Waals surface area contributed by atoms with E-state index in [-0.39, 0.29) is 5.60 Å². The van der Waals surface area contributed by atoms with E-state index in [1.807, 2.05) is 26.0 Å². The van der Waals surface area contributed by atoms with Crippen molar-refractivity contribution in [3.63, 3.8) is 0 Å². The normalized spacial score (nSPS) is 16.3. The number of hydrogen-bond donors (Lipinski definition) is 0. The zero-order valence-corrected chi connectivity index (χ0v) is 14.2. The second kappa shape index (κ2) is 6.59. The van der Waals surface area contributed by atoms with Gasteiger partial charge in [-0.15, -0.1) is 0 Å². The molecule has 0 fully saturated rings. The fourth-order valence-corrected chi connectivity index (χ4v) is 2.92. The number of aromatic nitrogens is 3. The molecule has 0 spiro atoms. The van der Waals surface area contributed by atoms with Gasteiger partial charge in [-0.05, 0) is 38.0 Å². The van der Waals surface area contributed by atoms with Gasteiger partial charge in [0, 0.05) is 12.0 Å². The lowest BCUT2D eigenvalue weighted by molar-refractivity contribution is 0.132. The van der Waals surface area contributed by atoms with Crippen molar-refractivity contribution in [1.29, 1.82) is 0 Å². The Bertz CT molecular complexity index is 713. The summed E-state index contributed by atoms with van der Waals surface area (Å²) in [5.41, 5.74) is 1.59. The summed E-state index contributed by atoms with van der Waals surface area (Å²) in [4.78, 5) is 15.3. The van der Waals surface area contributed by atoms with Crippen LogP contribution in [0, 0.1) is 4.91 Å². The maximum absolute atomic E-state index is 11.4. The molecule has 0 amide bonds. The Labute approximate surface area is 141 Å². The molecule has 1 aliphatic heterocycles. The Hall–Kier alpha value is -2.44. The number of nitrogens with zero attached hydrogens (tertiary/aromatic N) is 4. The first-order valence-electron chi connectivity index (χ1n) is 8.16. The molecule has 3 rings (SSSR count). The monoisotopic (exact) mass is 330 g/mol. The van der Waals surface area contributed by atoms with Crippen molar-refractivity contribution in [3.05, 3.63) is 40.8 Å². The van der Waals surface area contributed by atoms with Crippen LogP contribution in [0.2, 0.25) is 0 Å². The van der Waals surface area contributed by atoms with E-state index in [4.69, 9.17) is 9.47 Å². The summed E-state index contributed by atoms with van der Waals surface area (Å²) in [6.07, 6.45) is 4.69. The number of hydrogen-bond acceptors (Lipinski definition) is 6. The lowest BCUT2D eigenvalue weighted by Gasteiger charge is -2.18. The summed E-state index contributed by atoms with van der Waals surface area (Å²) >= 11 is 0. The summed E-state index contributed by atoms with van der Waals surface area (Å²) in [6.45, 7) is 7.08. The number of nitroso groups, excluding NO2 is 1. The van der Waals surface area contributed by atoms with Crippen molar-refractivity contribution in [3.8, 4) is 11.5 Å². The lowest BCUT2D eigenvalue weighted by atomic mass is 9.97. The Kier molecular flexibility index (Phi) is 4.51. The first-order valence-corrected chi connectivity index (χ1v) is 8.16. The Morgan fingerprint density at radius 2 is 2.29 bits per heavy atom. The number of ether oxygens (including phenoxy) is 2. The summed E-state index contributed by atoms with van der Waals surface area (Å²) < 4.78 is 13.5. The average Bonchev–Trinajstić information content (AvgIpc) is 3.15. The molecule has 0 aliphatic carbocycles. The van der Waals surface area contributed by atoms with E-state index < -0.39 is 6.04 Å². The second-order valence-corrected chi connectivity index (χ2v) is 6.63. The van der Waals surface area contributed by atoms with Crippen molar-refractivity contribution in [2.45, 2.75) is 51.8 Å². The maximum atomic E-state index is 11.4. The van der Waals surface area contributed by atoms with Gasteiger partial charge in [0.2, 0.25) is 0 Å². The van der Waals surface area contributed by atoms with Gasteiger partial charge in [0.15, 0.2) is 11.5 Å². The molecule has 1 aliphatic rings. The van der Waals surface area contributed by atoms with E-state index in [2.05, 4.69) is 22.2 Å². The van der Waals surface area contributed by atoms with Crippen molar-refractivity contribution in [1.82, 2.24) is 14.8 Å². The standard InChI is InChI=1S/C17H22N4O3/c1-4-5-23-15-7-12(6-13-8-17(2,3)24-16(13)15)14(20-22)9-21-11-18-10-19-21/h6-7,10-11,14H,4-5,8-9H2,1-3H3. The number of rotatable bonds is 7. The molecule has 0 radical (unpaired) electrons. The highest BCUT2D eigenvalue weighted by Crippen LogP contribution is 2.44. The van der Waals surface area contributed by atoms with Gasteiger partial charge in [0.25, 0.3) is 0 Å². The largest absolute Gasteiger partial charge is 0.490 e. The molecule has 7 heteroatoms. The van der Waals surface area contributed by atoms with Crippen LogP contribution in [-0.2, 0) is 13.0 Å². The van der Waals surface area contributed by atoms with Gasteiger partial charge in [0.1, 0.15) is 24.3 Å². The van der Waals surface area contributed by atoms with Crippen molar-refractivity contribution in [2.24, 2.45) is 5.18 Å². The molecule has 2 aromatic rings. The number of benzene rings is 1. The van der Waals surface area contributed by atoms with Gasteiger partial charge in [-0.2, -0.15) is 10.0 Å². The fourth-order valence-electron chi connectivity index (χ4n) is 2.92. The van der Waals surface area contributed by atoms with Crippen LogP contribution in [0.5, 0.6) is 11.5 Å². The summed E-state index contributed by atoms with van der Waals surface area (Å²) in [5.74, 6) is 1.46. The summed E-state index contributed by atoms with van der Waals surface area (Å²) in [5, 5.41) is 7.33. The lowest BCUT2D eigenvalue weighted by Crippen LogP contribution is -2.24. The molecule has 24 heavy (non-hydrogen) atoms. The topological polar surface area (TPSA) is 78.6 Å². The minimum absolute atomic E-state index is 0.276. The Balaban J connectivity index is 1.94. The first kappa shape index (κ1) is 16.4. The van der Waals surface area contributed by atoms with Crippen LogP contribution in [0.3, 0.4) is 0 Å². The van der Waals surface area contributed by atoms with Crippen LogP contribution >= 0.6 is 0 Å². The fraction of sp³-hybridized carbons (Fsp3) is 0.529. The summed E-state index contributed by atoms with van der Waals surface area (Å²) in [7, 11) is 0. The van der Waals surface area contributed by atoms with Crippen LogP contribution in [-0.4, -0.2) is 27.0 Å². The Morgan fingerprint density at radius 1 is 1.46 bits per heavy atom. The van der Waals surface area contributed by atoms with Crippen LogP contribution < -0.4 is 9.47 Å². The highest BCUT2D eigenvalue weighted by atomic mass is 16.5. The van der Waals surface area contributed by atoms with Gasteiger partial charge in [-0.3, -0.25) is 4.68 Å². The zero-order chi connectivity index (χ0) is 17.2. The second-order valence-electron chi connectivity index (χ2n) is 6.63. The van der Waals surface area contributed by atoms with Crippen molar-refractivity contribution < 1.29 is 9.47 Å². The smallest absolute Gasteiger partial charge is 0.165 e. The molecule has 0 N–H and O–H groups in total. The van der Waals surface area contributed by atoms with Crippen LogP contribution in [0.4, 0.5) is 0 Å². The van der Waals surface area contributed by atoms with E-state index in [0.717, 1.165) is 29.7 Å². The highest BCUT2D eigenvalue weighted by Gasteiger charge is 2.34. The Morgan fingerprint density at radius 3 is 2.96 bits per heavy atom. The van der Waals surface area contributed by atoms with Gasteiger partial charge in [0.05, 0.1) is 13.2 Å². The summed E-state index contributed by atoms with van der Waals surface area (Å²) in [6, 6.07) is 3.30. The van der Waals surface area contributed by atoms with E-state index >= 15 is 0 Å². The van der Waals surface area contributed by atoms with Crippen LogP contribution in [0.1, 0.15) is 44.4 Å². The molecule has 7 nitrogen and oxygen atoms in total. The molecular weight excluding hydrogens is 308 g/mol. The molecule has 0 saturated carbocycles. The molecule has 1 aromatic carbocycles. The molecule has 1 unspecified atom stereocenters. The molecule has 0 bridgehead atoms. The highest BCUT2D eigenvalue weighted by molar-refractivity contribution is 5.53. The molecule has 1 aromatic heterocycles. The maximum Gasteiger partial charge on any atom is 0.165 e. The minimum Gasteiger partial charge on any atom is -0.490 e. The molecule has 0 saturated heterocycles. The average molecular weight is 330 g/mol. The van der Waals surface area contributed by atoms with Gasteiger partial charge in [-0.1, -0.05) is 12.1 Å².